The third-order valence-corrected chi connectivity index (χ3v) is 0.814. The van der Waals surface area contributed by atoms with Crippen molar-refractivity contribution in [2.75, 3.05) is 5.43 Å². The molecule has 1 rings (SSSR count). The van der Waals surface area contributed by atoms with Crippen molar-refractivity contribution in [2.45, 2.75) is 0 Å². The Morgan fingerprint density at radius 1 is 1.78 bits per heavy atom. The lowest BCUT2D eigenvalue weighted by Crippen LogP contribution is -2.10. The van der Waals surface area contributed by atoms with Crippen LogP contribution in [0, 0.1) is 4.91 Å². The van der Waals surface area contributed by atoms with Gasteiger partial charge in [-0.15, -0.1) is 0 Å². The Morgan fingerprint density at radius 3 is 3.00 bits per heavy atom. The highest BCUT2D eigenvalue weighted by molar-refractivity contribution is 5.30. The Hall–Kier alpha value is -1.52. The maximum Gasteiger partial charge on any atom is 0.361 e. The number of anilines is 1. The summed E-state index contributed by atoms with van der Waals surface area (Å²) >= 11 is 0. The summed E-state index contributed by atoms with van der Waals surface area (Å²) in [7, 11) is 0. The highest BCUT2D eigenvalue weighted by Crippen LogP contribution is 1.98. The highest BCUT2D eigenvalue weighted by atomic mass is 16.7. The van der Waals surface area contributed by atoms with Crippen LogP contribution in [0.25, 0.3) is 0 Å². The molecule has 5 nitrogen and oxygen atoms in total. The van der Waals surface area contributed by atoms with Gasteiger partial charge in [-0.25, -0.2) is 5.21 Å². The molecule has 1 aromatic heterocycles. The predicted octanol–water partition coefficient (Wildman–Crippen LogP) is 0.510. The first-order valence-electron chi connectivity index (χ1n) is 2.35. The summed E-state index contributed by atoms with van der Waals surface area (Å²) in [4.78, 5) is 12.5. The van der Waals surface area contributed by atoms with E-state index in [9.17, 15) is 4.91 Å². The molecular weight excluding hydrogens is 122 g/mol. The minimum absolute atomic E-state index is 0.369. The van der Waals surface area contributed by atoms with Crippen LogP contribution in [-0.2, 0) is 0 Å². The van der Waals surface area contributed by atoms with E-state index in [-0.39, 0.29) is 5.03 Å². The van der Waals surface area contributed by atoms with Crippen LogP contribution in [0.15, 0.2) is 18.3 Å². The van der Waals surface area contributed by atoms with Gasteiger partial charge in [0.15, 0.2) is 5.82 Å². The van der Waals surface area contributed by atoms with Gasteiger partial charge >= 0.3 is 5.03 Å². The van der Waals surface area contributed by atoms with E-state index in [1.165, 1.54) is 0 Å². The minimum Gasteiger partial charge on any atom is -0.344 e. The van der Waals surface area contributed by atoms with Crippen LogP contribution in [0.2, 0.25) is 0 Å². The van der Waals surface area contributed by atoms with E-state index >= 15 is 0 Å². The van der Waals surface area contributed by atoms with Gasteiger partial charge in [0.25, 0.3) is 0 Å². The molecule has 0 aliphatic heterocycles. The van der Waals surface area contributed by atoms with E-state index < -0.39 is 0 Å². The molecule has 0 atom stereocenters. The van der Waals surface area contributed by atoms with Crippen molar-refractivity contribution in [1.82, 2.24) is 4.98 Å². The maximum atomic E-state index is 9.85. The maximum absolute atomic E-state index is 9.85. The van der Waals surface area contributed by atoms with Crippen LogP contribution in [0.5, 0.6) is 0 Å². The minimum atomic E-state index is -0.369. The van der Waals surface area contributed by atoms with Gasteiger partial charge in [0.2, 0.25) is 0 Å². The lowest BCUT2D eigenvalue weighted by Gasteiger charge is -1.82. The molecule has 0 bridgehead atoms. The summed E-state index contributed by atoms with van der Waals surface area (Å²) < 4.78 is 0. The van der Waals surface area contributed by atoms with Crippen LogP contribution in [0.3, 0.4) is 0 Å². The molecule has 0 fully saturated rings. The third-order valence-electron chi connectivity index (χ3n) is 0.814. The van der Waals surface area contributed by atoms with Crippen LogP contribution in [0.1, 0.15) is 0 Å². The first-order chi connectivity index (χ1) is 4.29. The number of H-pyrrole nitrogens is 1. The highest BCUT2D eigenvalue weighted by Gasteiger charge is 2.01. The Kier molecular flexibility index (Phi) is 1.35. The van der Waals surface area contributed by atoms with Crippen LogP contribution < -0.4 is 5.43 Å². The van der Waals surface area contributed by atoms with Gasteiger partial charge in [0.05, 0.1) is 0 Å². The van der Waals surface area contributed by atoms with Crippen LogP contribution in [0.4, 0.5) is 5.82 Å². The smallest absolute Gasteiger partial charge is 0.344 e. The van der Waals surface area contributed by atoms with Crippen molar-refractivity contribution >= 4 is 5.82 Å². The fraction of sp³-hybridized carbons (Fsp3) is 0. The number of aromatic amines is 1. The van der Waals surface area contributed by atoms with Gasteiger partial charge in [-0.3, -0.25) is 0 Å². The molecule has 1 heterocycles. The zero-order chi connectivity index (χ0) is 6.69. The van der Waals surface area contributed by atoms with Crippen molar-refractivity contribution in [1.29, 1.82) is 0 Å². The predicted molar refractivity (Wildman–Crippen MR) is 29.8 cm³/mol. The molecule has 48 valence electrons. The Balaban J connectivity index is 2.58. The molecule has 0 saturated carbocycles. The SMILES string of the molecule is O=[N+](O)Nc1ccc[nH]1. The van der Waals surface area contributed by atoms with Crippen molar-refractivity contribution in [3.63, 3.8) is 0 Å². The summed E-state index contributed by atoms with van der Waals surface area (Å²) in [6.07, 6.45) is 1.63. The molecule has 1 aromatic rings. The van der Waals surface area contributed by atoms with Crippen molar-refractivity contribution in [2.24, 2.45) is 0 Å². The summed E-state index contributed by atoms with van der Waals surface area (Å²) in [5.74, 6) is 0.451. The number of rotatable bonds is 2. The molecule has 9 heavy (non-hydrogen) atoms. The molecule has 0 aliphatic carbocycles. The number of nitrogens with one attached hydrogen (secondary N) is 2. The third kappa shape index (κ3) is 1.45. The second-order valence-electron chi connectivity index (χ2n) is 1.47. The average molecular weight is 128 g/mol. The number of hydrogen-bond donors (Lipinski definition) is 3. The van der Waals surface area contributed by atoms with E-state index in [1.807, 2.05) is 0 Å². The zero-order valence-corrected chi connectivity index (χ0v) is 4.53. The molecule has 0 unspecified atom stereocenters. The van der Waals surface area contributed by atoms with E-state index in [0.29, 0.717) is 5.82 Å². The van der Waals surface area contributed by atoms with Gasteiger partial charge in [-0.1, -0.05) is 5.43 Å². The molecule has 0 spiro atoms. The van der Waals surface area contributed by atoms with Gasteiger partial charge in [-0.05, 0) is 12.1 Å². The molecule has 3 N–H and O–H groups in total. The molecular formula is C4H6N3O2+. The normalized spacial score (nSPS) is 8.89. The van der Waals surface area contributed by atoms with Crippen LogP contribution in [-0.4, -0.2) is 15.2 Å². The number of aromatic nitrogens is 1. The molecule has 0 saturated heterocycles. The van der Waals surface area contributed by atoms with Gasteiger partial charge in [0, 0.05) is 6.20 Å². The summed E-state index contributed by atoms with van der Waals surface area (Å²) in [5.41, 5.74) is 2.06. The monoisotopic (exact) mass is 128 g/mol. The number of nitrogens with zero attached hydrogens (tertiary/aromatic N) is 1. The average Bonchev–Trinajstić information content (AvgIpc) is 2.15. The van der Waals surface area contributed by atoms with E-state index in [1.54, 1.807) is 18.3 Å². The molecule has 0 amide bonds. The fourth-order valence-corrected chi connectivity index (χ4v) is 0.503. The largest absolute Gasteiger partial charge is 0.361 e. The number of hydrogen-bond acceptors (Lipinski definition) is 1. The van der Waals surface area contributed by atoms with Crippen molar-refractivity contribution < 1.29 is 10.2 Å². The lowest BCUT2D eigenvalue weighted by molar-refractivity contribution is -0.770. The van der Waals surface area contributed by atoms with E-state index in [0.717, 1.165) is 0 Å². The van der Waals surface area contributed by atoms with Crippen molar-refractivity contribution in [3.8, 4) is 0 Å². The summed E-state index contributed by atoms with van der Waals surface area (Å²) in [5, 5.41) is 7.70. The summed E-state index contributed by atoms with van der Waals surface area (Å²) in [6, 6.07) is 3.31. The quantitative estimate of drug-likeness (QED) is 0.508. The van der Waals surface area contributed by atoms with Gasteiger partial charge in [-0.2, -0.15) is 0 Å². The van der Waals surface area contributed by atoms with E-state index in [2.05, 4.69) is 10.4 Å². The van der Waals surface area contributed by atoms with Gasteiger partial charge < -0.3 is 4.98 Å². The molecule has 0 radical (unpaired) electrons. The molecule has 5 heteroatoms. The standard InChI is InChI=1S/C4H6N3O2/c8-7(9)6-4-2-1-3-5-4/h1-3,5-6H,(H,8,9)/q+1. The Labute approximate surface area is 50.8 Å². The first-order valence-corrected chi connectivity index (χ1v) is 2.35. The first kappa shape index (κ1) is 5.61. The Morgan fingerprint density at radius 2 is 2.56 bits per heavy atom. The molecule has 0 aliphatic rings. The van der Waals surface area contributed by atoms with Crippen LogP contribution >= 0.6 is 0 Å². The fourth-order valence-electron chi connectivity index (χ4n) is 0.503. The lowest BCUT2D eigenvalue weighted by atomic mass is 10.6. The van der Waals surface area contributed by atoms with Gasteiger partial charge in [0.1, 0.15) is 4.91 Å². The number of hydrazine groups is 1. The topological polar surface area (TPSA) is 68.1 Å². The summed E-state index contributed by atoms with van der Waals surface area (Å²) in [6.45, 7) is 0. The second kappa shape index (κ2) is 2.17. The second-order valence-corrected chi connectivity index (χ2v) is 1.47. The van der Waals surface area contributed by atoms with E-state index in [4.69, 9.17) is 5.21 Å². The zero-order valence-electron chi connectivity index (χ0n) is 4.53. The Bertz CT molecular complexity index is 194. The van der Waals surface area contributed by atoms with Crippen molar-refractivity contribution in [3.05, 3.63) is 23.2 Å². The molecule has 0 aromatic carbocycles.